The first-order chi connectivity index (χ1) is 25.6. The minimum absolute atomic E-state index is 0.609. The van der Waals surface area contributed by atoms with Crippen LogP contribution in [0.25, 0.3) is 94.1 Å². The molecule has 0 aliphatic heterocycles. The Kier molecular flexibility index (Phi) is 7.83. The fraction of sp³-hybridized carbons (Fsp3) is 0.0208. The second kappa shape index (κ2) is 13.1. The van der Waals surface area contributed by atoms with E-state index in [1.54, 1.807) is 6.08 Å². The van der Waals surface area contributed by atoms with Crippen LogP contribution in [-0.2, 0) is 0 Å². The molecule has 7 aromatic carbocycles. The molecule has 0 saturated carbocycles. The summed E-state index contributed by atoms with van der Waals surface area (Å²) >= 11 is 0. The fourth-order valence-corrected chi connectivity index (χ4v) is 7.00. The van der Waals surface area contributed by atoms with Crippen LogP contribution in [0, 0.1) is 0 Å². The maximum atomic E-state index is 6.81. The number of hydrogen-bond donors (Lipinski definition) is 0. The number of aromatic nitrogens is 3. The largest absolute Gasteiger partial charge is 0.455 e. The smallest absolute Gasteiger partial charge is 0.164 e. The van der Waals surface area contributed by atoms with Crippen molar-refractivity contribution >= 4 is 49.1 Å². The van der Waals surface area contributed by atoms with Gasteiger partial charge in [-0.1, -0.05) is 164 Å². The van der Waals surface area contributed by atoms with Gasteiger partial charge in [-0.2, -0.15) is 0 Å². The molecule has 0 saturated heterocycles. The van der Waals surface area contributed by atoms with Gasteiger partial charge in [-0.25, -0.2) is 15.0 Å². The van der Waals surface area contributed by atoms with E-state index in [-0.39, 0.29) is 0 Å². The second-order valence-corrected chi connectivity index (χ2v) is 12.9. The molecule has 2 heterocycles. The number of furan rings is 1. The molecule has 4 heteroatoms. The van der Waals surface area contributed by atoms with E-state index >= 15 is 0 Å². The van der Waals surface area contributed by atoms with Gasteiger partial charge in [-0.15, -0.1) is 0 Å². The molecule has 0 spiro atoms. The molecule has 0 fully saturated rings. The van der Waals surface area contributed by atoms with E-state index in [0.29, 0.717) is 17.5 Å². The van der Waals surface area contributed by atoms with E-state index in [9.17, 15) is 0 Å². The van der Waals surface area contributed by atoms with Crippen molar-refractivity contribution in [3.8, 4) is 45.0 Å². The minimum Gasteiger partial charge on any atom is -0.455 e. The molecule has 9 aromatic rings. The number of hydrogen-bond acceptors (Lipinski definition) is 4. The number of benzene rings is 7. The van der Waals surface area contributed by atoms with E-state index in [1.165, 1.54) is 16.2 Å². The maximum absolute atomic E-state index is 6.81. The summed E-state index contributed by atoms with van der Waals surface area (Å²) < 4.78 is 6.81. The Balaban J connectivity index is 1.14. The average molecular weight is 668 g/mol. The third kappa shape index (κ3) is 5.57. The third-order valence-electron chi connectivity index (χ3n) is 9.64. The van der Waals surface area contributed by atoms with Crippen LogP contribution in [0.2, 0.25) is 0 Å². The molecule has 0 aliphatic carbocycles. The molecule has 9 rings (SSSR count). The molecule has 246 valence electrons. The van der Waals surface area contributed by atoms with Crippen molar-refractivity contribution in [1.29, 1.82) is 0 Å². The van der Waals surface area contributed by atoms with Gasteiger partial charge in [0.1, 0.15) is 11.2 Å². The highest BCUT2D eigenvalue weighted by atomic mass is 16.3. The minimum atomic E-state index is 0.609. The molecule has 0 atom stereocenters. The molecular formula is C48H33N3O. The Bertz CT molecular complexity index is 2860. The lowest BCUT2D eigenvalue weighted by Crippen LogP contribution is -2.02. The topological polar surface area (TPSA) is 51.8 Å². The Hall–Kier alpha value is -6.91. The highest BCUT2D eigenvalue weighted by molar-refractivity contribution is 6.23. The lowest BCUT2D eigenvalue weighted by molar-refractivity contribution is 0.674. The molecule has 0 bridgehead atoms. The molecule has 0 N–H and O–H groups in total. The highest BCUT2D eigenvalue weighted by Crippen LogP contribution is 2.41. The molecule has 0 amide bonds. The van der Waals surface area contributed by atoms with Crippen molar-refractivity contribution in [1.82, 2.24) is 15.0 Å². The van der Waals surface area contributed by atoms with Gasteiger partial charge in [-0.05, 0) is 57.5 Å². The van der Waals surface area contributed by atoms with E-state index in [1.807, 2.05) is 43.4 Å². The fourth-order valence-electron chi connectivity index (χ4n) is 7.00. The van der Waals surface area contributed by atoms with Crippen LogP contribution >= 0.6 is 0 Å². The molecule has 0 radical (unpaired) electrons. The van der Waals surface area contributed by atoms with Crippen LogP contribution in [0.3, 0.4) is 0 Å². The first kappa shape index (κ1) is 31.1. The molecule has 2 aromatic heterocycles. The zero-order valence-electron chi connectivity index (χ0n) is 28.6. The van der Waals surface area contributed by atoms with Crippen molar-refractivity contribution in [2.45, 2.75) is 6.92 Å². The lowest BCUT2D eigenvalue weighted by atomic mass is 9.98. The highest BCUT2D eigenvalue weighted by Gasteiger charge is 2.17. The summed E-state index contributed by atoms with van der Waals surface area (Å²) in [4.78, 5) is 14.9. The van der Waals surface area contributed by atoms with Crippen LogP contribution in [-0.4, -0.2) is 15.0 Å². The van der Waals surface area contributed by atoms with E-state index in [4.69, 9.17) is 19.4 Å². The normalized spacial score (nSPS) is 12.1. The predicted octanol–water partition coefficient (Wildman–Crippen LogP) is 12.9. The first-order valence-corrected chi connectivity index (χ1v) is 17.4. The molecule has 4 nitrogen and oxygen atoms in total. The van der Waals surface area contributed by atoms with Crippen molar-refractivity contribution < 1.29 is 4.42 Å². The molecular weight excluding hydrogens is 635 g/mol. The van der Waals surface area contributed by atoms with E-state index in [0.717, 1.165) is 66.3 Å². The molecule has 0 unspecified atom stereocenters. The van der Waals surface area contributed by atoms with Crippen molar-refractivity contribution in [3.05, 3.63) is 182 Å². The maximum Gasteiger partial charge on any atom is 0.164 e. The standard InChI is InChI=1S/C48H33N3O/c1-3-4-6-13-31(2)46-49-47(51-48(50-46)38-18-11-17-37(30-38)32-14-7-5-8-15-32)36-26-23-34(24-27-36)40-20-12-21-41-42-29-28-35-25-22-33-16-9-10-19-39(33)43(35)45(42)52-44(40)41/h3-30H,1H2,2H3/b6-4-,31-13+. The Morgan fingerprint density at radius 3 is 2.02 bits per heavy atom. The van der Waals surface area contributed by atoms with E-state index in [2.05, 4.69) is 134 Å². The van der Waals surface area contributed by atoms with Crippen molar-refractivity contribution in [3.63, 3.8) is 0 Å². The zero-order valence-corrected chi connectivity index (χ0v) is 28.6. The lowest BCUT2D eigenvalue weighted by Gasteiger charge is -2.10. The van der Waals surface area contributed by atoms with Crippen LogP contribution in [0.1, 0.15) is 12.7 Å². The number of allylic oxidation sites excluding steroid dienone is 5. The summed E-state index contributed by atoms with van der Waals surface area (Å²) in [5.74, 6) is 1.85. The van der Waals surface area contributed by atoms with Gasteiger partial charge in [0.15, 0.2) is 17.5 Å². The Morgan fingerprint density at radius 1 is 0.519 bits per heavy atom. The summed E-state index contributed by atoms with van der Waals surface area (Å²) in [6, 6.07) is 50.7. The first-order valence-electron chi connectivity index (χ1n) is 17.4. The number of nitrogens with zero attached hydrogens (tertiary/aromatic N) is 3. The molecule has 0 aliphatic rings. The second-order valence-electron chi connectivity index (χ2n) is 12.9. The summed E-state index contributed by atoms with van der Waals surface area (Å²) in [6.45, 7) is 5.80. The summed E-state index contributed by atoms with van der Waals surface area (Å²) in [6.07, 6.45) is 7.58. The predicted molar refractivity (Wildman–Crippen MR) is 217 cm³/mol. The van der Waals surface area contributed by atoms with Gasteiger partial charge in [0.05, 0.1) is 0 Å². The number of para-hydroxylation sites is 1. The van der Waals surface area contributed by atoms with E-state index < -0.39 is 0 Å². The van der Waals surface area contributed by atoms with Gasteiger partial charge in [0, 0.05) is 32.8 Å². The average Bonchev–Trinajstić information content (AvgIpc) is 3.60. The van der Waals surface area contributed by atoms with Crippen LogP contribution in [0.4, 0.5) is 0 Å². The quantitative estimate of drug-likeness (QED) is 0.125. The van der Waals surface area contributed by atoms with Gasteiger partial charge in [-0.3, -0.25) is 0 Å². The number of rotatable bonds is 7. The van der Waals surface area contributed by atoms with Crippen LogP contribution < -0.4 is 0 Å². The third-order valence-corrected chi connectivity index (χ3v) is 9.64. The van der Waals surface area contributed by atoms with Gasteiger partial charge >= 0.3 is 0 Å². The van der Waals surface area contributed by atoms with Crippen molar-refractivity contribution in [2.75, 3.05) is 0 Å². The Labute approximate surface area is 301 Å². The van der Waals surface area contributed by atoms with Gasteiger partial charge in [0.2, 0.25) is 0 Å². The van der Waals surface area contributed by atoms with Crippen molar-refractivity contribution in [2.24, 2.45) is 0 Å². The summed E-state index contributed by atoms with van der Waals surface area (Å²) in [5.41, 5.74) is 8.88. The number of fused-ring (bicyclic) bond motifs is 7. The Morgan fingerprint density at radius 2 is 1.17 bits per heavy atom. The van der Waals surface area contributed by atoms with Crippen LogP contribution in [0.5, 0.6) is 0 Å². The van der Waals surface area contributed by atoms with Crippen LogP contribution in [0.15, 0.2) is 181 Å². The molecule has 52 heavy (non-hydrogen) atoms. The summed E-state index contributed by atoms with van der Waals surface area (Å²) in [5, 5.41) is 6.93. The SMILES string of the molecule is C=C/C=C\C=C(/C)c1nc(-c2ccc(-c3cccc4c3oc3c4ccc4ccc5ccccc5c43)cc2)nc(-c2cccc(-c3ccccc3)c2)n1. The van der Waals surface area contributed by atoms with Gasteiger partial charge in [0.25, 0.3) is 0 Å². The summed E-state index contributed by atoms with van der Waals surface area (Å²) in [7, 11) is 0. The zero-order chi connectivity index (χ0) is 35.0. The monoisotopic (exact) mass is 667 g/mol. The van der Waals surface area contributed by atoms with Gasteiger partial charge < -0.3 is 4.42 Å².